The highest BCUT2D eigenvalue weighted by atomic mass is 32.2. The number of H-pyrrole nitrogens is 2. The molecule has 0 amide bonds. The lowest BCUT2D eigenvalue weighted by Gasteiger charge is -2.14. The van der Waals surface area contributed by atoms with Crippen LogP contribution in [0.25, 0.3) is 90.9 Å². The Kier molecular flexibility index (Phi) is 14.7. The van der Waals surface area contributed by atoms with Crippen molar-refractivity contribution in [2.45, 2.75) is 47.3 Å². The molecule has 8 bridgehead atoms. The number of hydrogen-bond donors (Lipinski definition) is 10. The van der Waals surface area contributed by atoms with Crippen molar-refractivity contribution in [2.75, 3.05) is 26.4 Å². The van der Waals surface area contributed by atoms with Gasteiger partial charge in [0.05, 0.1) is 49.2 Å². The second-order valence-corrected chi connectivity index (χ2v) is 23.0. The molecular formula is C52H46N4O20S4. The van der Waals surface area contributed by atoms with Crippen molar-refractivity contribution in [3.05, 3.63) is 95.6 Å². The van der Waals surface area contributed by atoms with Crippen LogP contribution in [0.4, 0.5) is 0 Å². The van der Waals surface area contributed by atoms with Crippen LogP contribution in [0.5, 0.6) is 46.0 Å². The van der Waals surface area contributed by atoms with Crippen LogP contribution in [0.1, 0.15) is 50.5 Å². The molecule has 2 aliphatic rings. The lowest BCUT2D eigenvalue weighted by atomic mass is 10.0. The van der Waals surface area contributed by atoms with Crippen LogP contribution in [0.15, 0.2) is 92.4 Å². The minimum absolute atomic E-state index is 0.00255. The average Bonchev–Trinajstić information content (AvgIpc) is 4.25. The fraction of sp³-hybridized carbons (Fsp3) is 0.154. The average molecular weight is 1180 g/mol. The molecule has 0 unspecified atom stereocenters. The quantitative estimate of drug-likeness (QED) is 0.0404. The van der Waals surface area contributed by atoms with E-state index < -0.39 is 106 Å². The van der Waals surface area contributed by atoms with Crippen molar-refractivity contribution in [1.29, 1.82) is 0 Å². The van der Waals surface area contributed by atoms with E-state index in [1.165, 1.54) is 72.8 Å². The van der Waals surface area contributed by atoms with Crippen LogP contribution in [-0.2, 0) is 40.5 Å². The molecule has 418 valence electrons. The second kappa shape index (κ2) is 21.0. The van der Waals surface area contributed by atoms with E-state index >= 15 is 0 Å². The number of fused-ring (bicyclic) bond motifs is 8. The van der Waals surface area contributed by atoms with Crippen molar-refractivity contribution >= 4 is 86.8 Å². The Labute approximate surface area is 455 Å². The lowest BCUT2D eigenvalue weighted by molar-refractivity contribution is 0.313. The summed E-state index contributed by atoms with van der Waals surface area (Å²) in [4.78, 5) is 12.6. The van der Waals surface area contributed by atoms with Gasteiger partial charge in [-0.05, 0) is 147 Å². The number of aromatic amines is 2. The van der Waals surface area contributed by atoms with Gasteiger partial charge in [0, 0.05) is 44.3 Å². The molecule has 24 nitrogen and oxygen atoms in total. The molecule has 28 heteroatoms. The molecule has 0 radical (unpaired) electrons. The summed E-state index contributed by atoms with van der Waals surface area (Å²) in [7, 11) is -20.8. The number of aromatic nitrogens is 4. The summed E-state index contributed by atoms with van der Waals surface area (Å²) in [6.07, 6.45) is 5.85. The first kappa shape index (κ1) is 56.2. The Hall–Kier alpha value is -8.48. The molecule has 0 fully saturated rings. The molecule has 0 saturated heterocycles. The van der Waals surface area contributed by atoms with Gasteiger partial charge in [-0.2, -0.15) is 33.7 Å². The molecule has 0 atom stereocenters. The van der Waals surface area contributed by atoms with E-state index in [4.69, 9.17) is 28.9 Å². The molecule has 2 aliphatic heterocycles. The first-order valence-electron chi connectivity index (χ1n) is 23.7. The Balaban J connectivity index is 1.57. The monoisotopic (exact) mass is 1170 g/mol. The first-order chi connectivity index (χ1) is 37.7. The van der Waals surface area contributed by atoms with Crippen molar-refractivity contribution in [2.24, 2.45) is 0 Å². The summed E-state index contributed by atoms with van der Waals surface area (Å²) in [5.41, 5.74) is 0.255. The number of hydrogen-bond acceptors (Lipinski definition) is 18. The summed E-state index contributed by atoms with van der Waals surface area (Å²) in [6, 6.07) is 14.8. The smallest absolute Gasteiger partial charge is 0.298 e. The summed E-state index contributed by atoms with van der Waals surface area (Å²) < 4.78 is 168. The van der Waals surface area contributed by atoms with Gasteiger partial charge in [-0.1, -0.05) is 0 Å². The van der Waals surface area contributed by atoms with Crippen LogP contribution >= 0.6 is 0 Å². The number of phenolic OH excluding ortho intramolecular Hbond substituents is 4. The van der Waals surface area contributed by atoms with Crippen LogP contribution in [0.3, 0.4) is 0 Å². The zero-order chi connectivity index (χ0) is 58.0. The molecule has 0 spiro atoms. The number of ether oxygens (including phenoxy) is 4. The van der Waals surface area contributed by atoms with Crippen LogP contribution in [-0.4, -0.2) is 119 Å². The zero-order valence-electron chi connectivity index (χ0n) is 42.1. The number of aromatic hydroxyl groups is 4. The van der Waals surface area contributed by atoms with E-state index in [0.29, 0.717) is 0 Å². The highest BCUT2D eigenvalue weighted by Gasteiger charge is 2.29. The summed E-state index contributed by atoms with van der Waals surface area (Å²) in [5.74, 6) is -5.32. The molecule has 7 aromatic rings. The fourth-order valence-corrected chi connectivity index (χ4v) is 11.7. The summed E-state index contributed by atoms with van der Waals surface area (Å²) in [6.45, 7) is 5.79. The van der Waals surface area contributed by atoms with E-state index in [9.17, 15) is 72.3 Å². The number of nitrogens with one attached hydrogen (secondary N) is 2. The van der Waals surface area contributed by atoms with Gasteiger partial charge in [-0.3, -0.25) is 18.2 Å². The van der Waals surface area contributed by atoms with Crippen molar-refractivity contribution < 1.29 is 91.3 Å². The number of nitrogens with zero attached hydrogens (tertiary/aromatic N) is 2. The van der Waals surface area contributed by atoms with Gasteiger partial charge in [0.25, 0.3) is 40.5 Å². The minimum Gasteiger partial charge on any atom is -0.503 e. The number of benzene rings is 4. The van der Waals surface area contributed by atoms with E-state index in [2.05, 4.69) is 9.97 Å². The molecule has 0 aliphatic carbocycles. The molecular weight excluding hydrogens is 1130 g/mol. The van der Waals surface area contributed by atoms with Crippen LogP contribution in [0.2, 0.25) is 0 Å². The minimum atomic E-state index is -5.20. The van der Waals surface area contributed by atoms with E-state index in [-0.39, 0.29) is 116 Å². The van der Waals surface area contributed by atoms with Gasteiger partial charge in [-0.15, -0.1) is 0 Å². The maximum atomic E-state index is 12.9. The molecule has 5 heterocycles. The third-order valence-corrected chi connectivity index (χ3v) is 15.8. The highest BCUT2D eigenvalue weighted by molar-refractivity contribution is 7.86. The Morgan fingerprint density at radius 2 is 0.562 bits per heavy atom. The molecule has 10 N–H and O–H groups in total. The van der Waals surface area contributed by atoms with Crippen LogP contribution in [0, 0.1) is 0 Å². The lowest BCUT2D eigenvalue weighted by Crippen LogP contribution is -2.03. The van der Waals surface area contributed by atoms with Gasteiger partial charge in [0.15, 0.2) is 46.0 Å². The van der Waals surface area contributed by atoms with Crippen molar-refractivity contribution in [3.8, 4) is 90.5 Å². The topological polar surface area (TPSA) is 393 Å². The Morgan fingerprint density at radius 1 is 0.362 bits per heavy atom. The predicted molar refractivity (Wildman–Crippen MR) is 291 cm³/mol. The molecule has 3 aromatic heterocycles. The summed E-state index contributed by atoms with van der Waals surface area (Å²) >= 11 is 0. The highest BCUT2D eigenvalue weighted by Crippen LogP contribution is 2.47. The Bertz CT molecular complexity index is 3920. The standard InChI is InChI=1S/C52H46N4O20S4/c1-5-73-37-17-25(21-41(49(37)57)77(61,62)63)45-29-9-11-31(53-29)46(26-18-38(74-6-2)50(58)42(22-26)78(64,65)66)33-13-15-35(55-33)48(28-20-40(76-8-4)52(60)44(24-28)80(70,71)72)36-16-14-34(56-36)47(32-12-10-30(45)54-32)27-19-39(75-7-3)51(59)43(23-27)79(67,68)69/h9-24,53,56-60H,5-8H2,1-4H3,(H,61,62,63)(H,64,65,66)(H,67,68,69)(H,70,71,72). The Morgan fingerprint density at radius 3 is 0.738 bits per heavy atom. The maximum absolute atomic E-state index is 12.9. The van der Waals surface area contributed by atoms with E-state index in [1.807, 2.05) is 0 Å². The molecule has 4 aromatic carbocycles. The zero-order valence-corrected chi connectivity index (χ0v) is 45.3. The van der Waals surface area contributed by atoms with Gasteiger partial charge in [0.1, 0.15) is 19.6 Å². The van der Waals surface area contributed by atoms with Crippen LogP contribution < -0.4 is 18.9 Å². The van der Waals surface area contributed by atoms with Crippen molar-refractivity contribution in [3.63, 3.8) is 0 Å². The number of rotatable bonds is 16. The molecule has 0 saturated carbocycles. The predicted octanol–water partition coefficient (Wildman–Crippen LogP) is 8.73. The molecule has 9 rings (SSSR count). The normalized spacial score (nSPS) is 12.7. The van der Waals surface area contributed by atoms with Gasteiger partial charge >= 0.3 is 0 Å². The molecule has 80 heavy (non-hydrogen) atoms. The fourth-order valence-electron chi connectivity index (χ4n) is 9.18. The van der Waals surface area contributed by atoms with Gasteiger partial charge < -0.3 is 49.3 Å². The SMILES string of the molecule is CCOc1cc(-c2c3nc(c(-c4cc(OCC)c(O)c(S(=O)(=O)O)c4)c4ccc([nH]4)c(-c4cc(OCC)c(O)c(S(=O)(=O)O)c4)c4nc(c(-c5cc(OCC)c(O)c(S(=O)(=O)O)c5)c5ccc2[nH]5)C=C4)C=C3)cc(S(=O)(=O)O)c1O. The van der Waals surface area contributed by atoms with Gasteiger partial charge in [-0.25, -0.2) is 9.97 Å². The third kappa shape index (κ3) is 10.6. The third-order valence-electron chi connectivity index (χ3n) is 12.4. The van der Waals surface area contributed by atoms with Gasteiger partial charge in [0.2, 0.25) is 0 Å². The summed E-state index contributed by atoms with van der Waals surface area (Å²) in [5, 5.41) is 44.4. The first-order valence-corrected chi connectivity index (χ1v) is 29.5. The second-order valence-electron chi connectivity index (χ2n) is 17.4. The van der Waals surface area contributed by atoms with E-state index in [0.717, 1.165) is 24.3 Å². The van der Waals surface area contributed by atoms with Crippen molar-refractivity contribution in [1.82, 2.24) is 19.9 Å². The van der Waals surface area contributed by atoms with E-state index in [1.54, 1.807) is 27.7 Å². The maximum Gasteiger partial charge on any atom is 0.298 e. The number of phenols is 4. The largest absolute Gasteiger partial charge is 0.503 e.